The number of carbonyl (C=O) groups is 2. The maximum absolute atomic E-state index is 12.5. The highest BCUT2D eigenvalue weighted by molar-refractivity contribution is 6.34. The molecule has 2 N–H and O–H groups in total. The Morgan fingerprint density at radius 1 is 1.28 bits per heavy atom. The van der Waals surface area contributed by atoms with Crippen LogP contribution in [0.5, 0.6) is 0 Å². The van der Waals surface area contributed by atoms with Crippen LogP contribution in [0.3, 0.4) is 0 Å². The van der Waals surface area contributed by atoms with Crippen molar-refractivity contribution >= 4 is 29.1 Å². The molecule has 1 unspecified atom stereocenters. The highest BCUT2D eigenvalue weighted by Crippen LogP contribution is 2.58. The Balaban J connectivity index is 1.65. The van der Waals surface area contributed by atoms with E-state index in [1.165, 1.54) is 0 Å². The summed E-state index contributed by atoms with van der Waals surface area (Å²) in [5.41, 5.74) is 1.34. The number of amides is 2. The van der Waals surface area contributed by atoms with E-state index >= 15 is 0 Å². The third-order valence-electron chi connectivity index (χ3n) is 5.62. The number of piperidine rings is 1. The molecule has 0 aromatic heterocycles. The Kier molecular flexibility index (Phi) is 5.35. The zero-order valence-electron chi connectivity index (χ0n) is 14.9. The van der Waals surface area contributed by atoms with Crippen LogP contribution in [0.2, 0.25) is 5.02 Å². The Hall–Kier alpha value is -1.59. The summed E-state index contributed by atoms with van der Waals surface area (Å²) < 4.78 is 0. The maximum atomic E-state index is 12.5. The van der Waals surface area contributed by atoms with Crippen LogP contribution in [0.15, 0.2) is 18.2 Å². The summed E-state index contributed by atoms with van der Waals surface area (Å²) in [7, 11) is 0. The van der Waals surface area contributed by atoms with E-state index in [0.717, 1.165) is 32.4 Å². The molecule has 1 atom stereocenters. The zero-order valence-corrected chi connectivity index (χ0v) is 15.7. The predicted molar refractivity (Wildman–Crippen MR) is 100.0 cm³/mol. The van der Waals surface area contributed by atoms with Crippen molar-refractivity contribution < 1.29 is 9.59 Å². The average Bonchev–Trinajstić information content (AvgIpc) is 3.29. The molecule has 0 radical (unpaired) electrons. The lowest BCUT2D eigenvalue weighted by Gasteiger charge is -2.23. The van der Waals surface area contributed by atoms with Gasteiger partial charge in [0.15, 0.2) is 0 Å². The number of hydrogen-bond donors (Lipinski definition) is 2. The van der Waals surface area contributed by atoms with Crippen LogP contribution in [-0.2, 0) is 4.79 Å². The summed E-state index contributed by atoms with van der Waals surface area (Å²) in [6.45, 7) is 7.16. The Bertz CT molecular complexity index is 667. The molecule has 2 fully saturated rings. The minimum atomic E-state index is -0.0799. The van der Waals surface area contributed by atoms with E-state index < -0.39 is 0 Å². The monoisotopic (exact) mass is 363 g/mol. The van der Waals surface area contributed by atoms with Crippen molar-refractivity contribution in [2.24, 2.45) is 11.3 Å². The van der Waals surface area contributed by atoms with E-state index in [1.54, 1.807) is 23.1 Å². The summed E-state index contributed by atoms with van der Waals surface area (Å²) in [5.74, 6) is 0.0925. The van der Waals surface area contributed by atoms with E-state index in [1.807, 2.05) is 13.8 Å². The Morgan fingerprint density at radius 2 is 1.96 bits per heavy atom. The van der Waals surface area contributed by atoms with Gasteiger partial charge >= 0.3 is 0 Å². The molecular weight excluding hydrogens is 338 g/mol. The first kappa shape index (κ1) is 18.2. The van der Waals surface area contributed by atoms with Crippen molar-refractivity contribution in [2.75, 3.05) is 31.5 Å². The van der Waals surface area contributed by atoms with Crippen molar-refractivity contribution in [3.63, 3.8) is 0 Å². The van der Waals surface area contributed by atoms with Gasteiger partial charge in [0.05, 0.1) is 10.6 Å². The van der Waals surface area contributed by atoms with E-state index in [9.17, 15) is 9.59 Å². The van der Waals surface area contributed by atoms with Gasteiger partial charge in [0.2, 0.25) is 5.91 Å². The molecule has 1 aromatic rings. The predicted octanol–water partition coefficient (Wildman–Crippen LogP) is 3.15. The molecule has 1 saturated carbocycles. The summed E-state index contributed by atoms with van der Waals surface area (Å²) in [4.78, 5) is 26.7. The van der Waals surface area contributed by atoms with Crippen molar-refractivity contribution in [1.29, 1.82) is 0 Å². The standard InChI is InChI=1S/C19H26ClN3O2/c1-3-23(4-2)18(25)14-6-5-13(11-16(14)20)22-17(24)15-12-19(15)7-9-21-10-8-19/h5-6,11,15,21H,3-4,7-10,12H2,1-2H3,(H,22,24). The van der Waals surface area contributed by atoms with Gasteiger partial charge in [0, 0.05) is 24.7 Å². The van der Waals surface area contributed by atoms with Gasteiger partial charge in [-0.25, -0.2) is 0 Å². The molecule has 2 aliphatic rings. The first-order valence-electron chi connectivity index (χ1n) is 9.11. The van der Waals surface area contributed by atoms with Gasteiger partial charge in [0.25, 0.3) is 5.91 Å². The molecule has 25 heavy (non-hydrogen) atoms. The van der Waals surface area contributed by atoms with Crippen molar-refractivity contribution in [3.8, 4) is 0 Å². The topological polar surface area (TPSA) is 61.4 Å². The van der Waals surface area contributed by atoms with Gasteiger partial charge < -0.3 is 15.5 Å². The summed E-state index contributed by atoms with van der Waals surface area (Å²) >= 11 is 6.30. The largest absolute Gasteiger partial charge is 0.339 e. The lowest BCUT2D eigenvalue weighted by molar-refractivity contribution is -0.118. The molecule has 1 saturated heterocycles. The van der Waals surface area contributed by atoms with Crippen molar-refractivity contribution in [2.45, 2.75) is 33.1 Å². The van der Waals surface area contributed by atoms with Crippen molar-refractivity contribution in [3.05, 3.63) is 28.8 Å². The Morgan fingerprint density at radius 3 is 2.56 bits per heavy atom. The second kappa shape index (κ2) is 7.34. The smallest absolute Gasteiger partial charge is 0.255 e. The number of nitrogens with one attached hydrogen (secondary N) is 2. The molecule has 6 heteroatoms. The maximum Gasteiger partial charge on any atom is 0.255 e. The fraction of sp³-hybridized carbons (Fsp3) is 0.579. The summed E-state index contributed by atoms with van der Waals surface area (Å²) in [6.07, 6.45) is 3.12. The second-order valence-electron chi connectivity index (χ2n) is 7.03. The average molecular weight is 364 g/mol. The Labute approximate surface area is 154 Å². The lowest BCUT2D eigenvalue weighted by Crippen LogP contribution is -2.31. The van der Waals surface area contributed by atoms with Crippen LogP contribution in [0, 0.1) is 11.3 Å². The molecule has 1 aliphatic heterocycles. The van der Waals surface area contributed by atoms with Crippen LogP contribution >= 0.6 is 11.6 Å². The van der Waals surface area contributed by atoms with Crippen LogP contribution in [-0.4, -0.2) is 42.9 Å². The second-order valence-corrected chi connectivity index (χ2v) is 7.44. The fourth-order valence-electron chi connectivity index (χ4n) is 3.87. The molecule has 1 heterocycles. The summed E-state index contributed by atoms with van der Waals surface area (Å²) in [6, 6.07) is 5.14. The molecule has 136 valence electrons. The van der Waals surface area contributed by atoms with E-state index in [-0.39, 0.29) is 23.1 Å². The normalized spacial score (nSPS) is 21.0. The number of carbonyl (C=O) groups excluding carboxylic acids is 2. The fourth-order valence-corrected chi connectivity index (χ4v) is 4.13. The molecule has 3 rings (SSSR count). The van der Waals surface area contributed by atoms with Gasteiger partial charge in [-0.3, -0.25) is 9.59 Å². The molecule has 0 bridgehead atoms. The number of benzene rings is 1. The number of rotatable bonds is 5. The lowest BCUT2D eigenvalue weighted by atomic mass is 9.92. The minimum absolute atomic E-state index is 0.0702. The van der Waals surface area contributed by atoms with E-state index in [2.05, 4.69) is 10.6 Å². The van der Waals surface area contributed by atoms with Crippen LogP contribution in [0.4, 0.5) is 5.69 Å². The number of hydrogen-bond acceptors (Lipinski definition) is 3. The number of anilines is 1. The molecule has 1 spiro atoms. The van der Waals surface area contributed by atoms with E-state index in [0.29, 0.717) is 29.4 Å². The van der Waals surface area contributed by atoms with Gasteiger partial charge in [-0.05, 0) is 69.8 Å². The quantitative estimate of drug-likeness (QED) is 0.844. The third-order valence-corrected chi connectivity index (χ3v) is 5.94. The van der Waals surface area contributed by atoms with Crippen LogP contribution < -0.4 is 10.6 Å². The van der Waals surface area contributed by atoms with Gasteiger partial charge in [-0.15, -0.1) is 0 Å². The minimum Gasteiger partial charge on any atom is -0.339 e. The molecule has 1 aromatic carbocycles. The highest BCUT2D eigenvalue weighted by atomic mass is 35.5. The SMILES string of the molecule is CCN(CC)C(=O)c1ccc(NC(=O)C2CC23CCNCC3)cc1Cl. The van der Waals surface area contributed by atoms with Gasteiger partial charge in [0.1, 0.15) is 0 Å². The molecule has 2 amide bonds. The van der Waals surface area contributed by atoms with Crippen LogP contribution in [0.25, 0.3) is 0 Å². The van der Waals surface area contributed by atoms with Crippen molar-refractivity contribution in [1.82, 2.24) is 10.2 Å². The van der Waals surface area contributed by atoms with E-state index in [4.69, 9.17) is 11.6 Å². The number of nitrogens with zero attached hydrogens (tertiary/aromatic N) is 1. The molecule has 1 aliphatic carbocycles. The van der Waals surface area contributed by atoms with Crippen LogP contribution in [0.1, 0.15) is 43.5 Å². The highest BCUT2D eigenvalue weighted by Gasteiger charge is 2.57. The summed E-state index contributed by atoms with van der Waals surface area (Å²) in [5, 5.41) is 6.70. The molecular formula is C19H26ClN3O2. The van der Waals surface area contributed by atoms with Gasteiger partial charge in [-0.1, -0.05) is 11.6 Å². The third kappa shape index (κ3) is 3.67. The number of halogens is 1. The molecule has 5 nitrogen and oxygen atoms in total. The first-order chi connectivity index (χ1) is 12.0. The first-order valence-corrected chi connectivity index (χ1v) is 9.49. The van der Waals surface area contributed by atoms with Gasteiger partial charge in [-0.2, -0.15) is 0 Å². The zero-order chi connectivity index (χ0) is 18.0.